The Morgan fingerprint density at radius 2 is 2.50 bits per heavy atom. The molecule has 0 rings (SSSR count). The minimum atomic E-state index is -1.28. The molecule has 0 aliphatic carbocycles. The molecule has 0 aromatic carbocycles. The summed E-state index contributed by atoms with van der Waals surface area (Å²) in [5.74, 6) is 0.201. The molecule has 0 fully saturated rings. The van der Waals surface area contributed by atoms with E-state index in [0.717, 1.165) is 0 Å². The molecule has 1 unspecified atom stereocenters. The number of hydrogen-bond acceptors (Lipinski definition) is 2. The van der Waals surface area contributed by atoms with E-state index in [0.29, 0.717) is 0 Å². The molecule has 0 spiro atoms. The van der Waals surface area contributed by atoms with Gasteiger partial charge in [0.25, 0.3) is 0 Å². The van der Waals surface area contributed by atoms with Gasteiger partial charge in [-0.3, -0.25) is 0 Å². The van der Waals surface area contributed by atoms with Crippen LogP contribution in [-0.2, 0) is 4.74 Å². The van der Waals surface area contributed by atoms with Crippen molar-refractivity contribution in [3.63, 3.8) is 0 Å². The summed E-state index contributed by atoms with van der Waals surface area (Å²) < 4.78 is 4.18. The van der Waals surface area contributed by atoms with Gasteiger partial charge >= 0.3 is 6.16 Å². The molecule has 1 N–H and O–H groups in total. The van der Waals surface area contributed by atoms with E-state index in [4.69, 9.17) is 16.7 Å². The Balaban J connectivity index is 3.24. The molecule has 0 aromatic rings. The molecule has 1 atom stereocenters. The topological polar surface area (TPSA) is 46.5 Å². The van der Waals surface area contributed by atoms with Crippen LogP contribution in [0.2, 0.25) is 0 Å². The van der Waals surface area contributed by atoms with Crippen molar-refractivity contribution < 1.29 is 14.6 Å². The Hall–Kier alpha value is -0.440. The highest BCUT2D eigenvalue weighted by atomic mass is 35.5. The van der Waals surface area contributed by atoms with E-state index in [9.17, 15) is 4.79 Å². The minimum Gasteiger partial charge on any atom is -0.450 e. The molecule has 0 aromatic heterocycles. The van der Waals surface area contributed by atoms with E-state index in [2.05, 4.69) is 4.74 Å². The van der Waals surface area contributed by atoms with Crippen LogP contribution in [0.15, 0.2) is 0 Å². The van der Waals surface area contributed by atoms with Crippen molar-refractivity contribution in [1.82, 2.24) is 0 Å². The van der Waals surface area contributed by atoms with E-state index in [-0.39, 0.29) is 5.88 Å². The summed E-state index contributed by atoms with van der Waals surface area (Å²) >= 11 is 5.21. The first-order valence-electron chi connectivity index (χ1n) is 2.12. The quantitative estimate of drug-likeness (QED) is 0.462. The third kappa shape index (κ3) is 3.74. The molecule has 0 saturated heterocycles. The van der Waals surface area contributed by atoms with Crippen molar-refractivity contribution >= 4 is 17.8 Å². The summed E-state index contributed by atoms with van der Waals surface area (Å²) in [5.41, 5.74) is 0. The smallest absolute Gasteiger partial charge is 0.450 e. The van der Waals surface area contributed by atoms with Crippen molar-refractivity contribution in [2.24, 2.45) is 0 Å². The van der Waals surface area contributed by atoms with E-state index >= 15 is 0 Å². The summed E-state index contributed by atoms with van der Waals surface area (Å²) in [6.07, 6.45) is -1.69. The van der Waals surface area contributed by atoms with Gasteiger partial charge in [-0.1, -0.05) is 0 Å². The molecule has 4 heteroatoms. The first kappa shape index (κ1) is 7.56. The lowest BCUT2D eigenvalue weighted by atomic mass is 10.5. The zero-order chi connectivity index (χ0) is 6.57. The number of rotatable bonds is 2. The molecule has 48 valence electrons. The van der Waals surface area contributed by atoms with Gasteiger partial charge in [-0.15, -0.1) is 11.6 Å². The molecule has 0 aliphatic heterocycles. The van der Waals surface area contributed by atoms with E-state index in [1.165, 1.54) is 0 Å². The van der Waals surface area contributed by atoms with Crippen LogP contribution in [0.3, 0.4) is 0 Å². The van der Waals surface area contributed by atoms with Crippen LogP contribution >= 0.6 is 11.6 Å². The Morgan fingerprint density at radius 1 is 2.00 bits per heavy atom. The fraction of sp³-hybridized carbons (Fsp3) is 0.750. The number of alkyl halides is 1. The lowest BCUT2D eigenvalue weighted by molar-refractivity contribution is 0.0671. The Labute approximate surface area is 52.2 Å². The summed E-state index contributed by atoms with van der Waals surface area (Å²) in [5, 5.41) is 7.93. The molecule has 0 bridgehead atoms. The Bertz CT molecular complexity index is 83.4. The minimum absolute atomic E-state index is 0.201. The first-order valence-corrected chi connectivity index (χ1v) is 2.65. The van der Waals surface area contributed by atoms with E-state index < -0.39 is 12.3 Å². The van der Waals surface area contributed by atoms with Crippen LogP contribution in [0.5, 0.6) is 0 Å². The summed E-state index contributed by atoms with van der Waals surface area (Å²) in [6, 6.07) is 0. The van der Waals surface area contributed by atoms with Gasteiger partial charge in [0.2, 0.25) is 0 Å². The fourth-order valence-electron chi connectivity index (χ4n) is 0.204. The van der Waals surface area contributed by atoms with Crippen molar-refractivity contribution in [1.29, 1.82) is 0 Å². The predicted molar refractivity (Wildman–Crippen MR) is 29.3 cm³/mol. The van der Waals surface area contributed by atoms with Gasteiger partial charge in [0.1, 0.15) is 6.10 Å². The van der Waals surface area contributed by atoms with Crippen LogP contribution in [0.4, 0.5) is 4.79 Å². The van der Waals surface area contributed by atoms with Gasteiger partial charge in [-0.25, -0.2) is 4.79 Å². The largest absolute Gasteiger partial charge is 0.506 e. The maximum absolute atomic E-state index is 9.69. The lowest BCUT2D eigenvalue weighted by Gasteiger charge is -2.03. The maximum atomic E-state index is 9.69. The van der Waals surface area contributed by atoms with Crippen molar-refractivity contribution in [2.75, 3.05) is 5.88 Å². The zero-order valence-corrected chi connectivity index (χ0v) is 5.18. The van der Waals surface area contributed by atoms with Crippen LogP contribution in [0.1, 0.15) is 6.92 Å². The second kappa shape index (κ2) is 3.55. The van der Waals surface area contributed by atoms with E-state index in [1.807, 2.05) is 0 Å². The normalized spacial score (nSPS) is 12.8. The van der Waals surface area contributed by atoms with Crippen molar-refractivity contribution in [3.05, 3.63) is 0 Å². The molecular weight excluding hydrogens is 131 g/mol. The first-order chi connectivity index (χ1) is 3.66. The Morgan fingerprint density at radius 3 is 2.62 bits per heavy atom. The van der Waals surface area contributed by atoms with Crippen LogP contribution < -0.4 is 0 Å². The van der Waals surface area contributed by atoms with E-state index in [1.54, 1.807) is 6.92 Å². The number of halogens is 1. The molecule has 8 heavy (non-hydrogen) atoms. The maximum Gasteiger partial charge on any atom is 0.506 e. The molecular formula is C4H7ClO3. The molecule has 0 aliphatic rings. The second-order valence-corrected chi connectivity index (χ2v) is 1.66. The van der Waals surface area contributed by atoms with Crippen LogP contribution in [0.25, 0.3) is 0 Å². The molecule has 0 saturated carbocycles. The average molecular weight is 139 g/mol. The highest BCUT2D eigenvalue weighted by Crippen LogP contribution is 1.92. The summed E-state index contributed by atoms with van der Waals surface area (Å²) in [7, 11) is 0. The molecule has 3 nitrogen and oxygen atoms in total. The second-order valence-electron chi connectivity index (χ2n) is 1.35. The van der Waals surface area contributed by atoms with Gasteiger partial charge < -0.3 is 9.84 Å². The van der Waals surface area contributed by atoms with Gasteiger partial charge in [-0.2, -0.15) is 0 Å². The number of carbonyl (C=O) groups is 1. The molecule has 0 heterocycles. The summed E-state index contributed by atoms with van der Waals surface area (Å²) in [6.45, 7) is 1.58. The average Bonchev–Trinajstić information content (AvgIpc) is 1.65. The molecule has 0 radical (unpaired) electrons. The molecule has 0 amide bonds. The van der Waals surface area contributed by atoms with Gasteiger partial charge in [0.15, 0.2) is 0 Å². The standard InChI is InChI=1S/C4H7ClO3/c1-3(2-5)8-4(6)7/h3H,2H2,1H3,(H,6,7). The van der Waals surface area contributed by atoms with Gasteiger partial charge in [-0.05, 0) is 6.92 Å². The fourth-order valence-corrected chi connectivity index (χ4v) is 0.267. The predicted octanol–water partition coefficient (Wildman–Crippen LogP) is 1.31. The van der Waals surface area contributed by atoms with Crippen LogP contribution in [-0.4, -0.2) is 23.2 Å². The monoisotopic (exact) mass is 138 g/mol. The number of carboxylic acid groups (broad SMARTS) is 1. The third-order valence-electron chi connectivity index (χ3n) is 0.519. The van der Waals surface area contributed by atoms with Gasteiger partial charge in [0, 0.05) is 0 Å². The Kier molecular flexibility index (Phi) is 3.35. The van der Waals surface area contributed by atoms with Crippen LogP contribution in [0, 0.1) is 0 Å². The SMILES string of the molecule is CC(CCl)OC(=O)O. The lowest BCUT2D eigenvalue weighted by Crippen LogP contribution is -2.13. The third-order valence-corrected chi connectivity index (χ3v) is 0.954. The highest BCUT2D eigenvalue weighted by Gasteiger charge is 2.03. The number of hydrogen-bond donors (Lipinski definition) is 1. The van der Waals surface area contributed by atoms with Gasteiger partial charge in [0.05, 0.1) is 5.88 Å². The van der Waals surface area contributed by atoms with Crippen molar-refractivity contribution in [3.8, 4) is 0 Å². The highest BCUT2D eigenvalue weighted by molar-refractivity contribution is 6.18. The summed E-state index contributed by atoms with van der Waals surface area (Å²) in [4.78, 5) is 9.69. The van der Waals surface area contributed by atoms with Crippen molar-refractivity contribution in [2.45, 2.75) is 13.0 Å². The zero-order valence-electron chi connectivity index (χ0n) is 4.43. The number of ether oxygens (including phenoxy) is 1.